The number of rotatable bonds is 4. The first kappa shape index (κ1) is 15.2. The van der Waals surface area contributed by atoms with Crippen LogP contribution in [-0.2, 0) is 10.8 Å². The Balaban J connectivity index is 2.12. The van der Waals surface area contributed by atoms with E-state index < -0.39 is 10.8 Å². The van der Waals surface area contributed by atoms with Crippen molar-refractivity contribution in [1.82, 2.24) is 0 Å². The number of halogens is 1. The molecule has 0 saturated carbocycles. The molecular formula is C16H18ClNOS. The fourth-order valence-electron chi connectivity index (χ4n) is 2.18. The molecule has 0 radical (unpaired) electrons. The minimum Gasteiger partial charge on any atom is -0.323 e. The van der Waals surface area contributed by atoms with Crippen LogP contribution in [0.25, 0.3) is 0 Å². The van der Waals surface area contributed by atoms with Crippen LogP contribution in [0.15, 0.2) is 47.4 Å². The summed E-state index contributed by atoms with van der Waals surface area (Å²) < 4.78 is 12.3. The van der Waals surface area contributed by atoms with Gasteiger partial charge in [0.1, 0.15) is 0 Å². The summed E-state index contributed by atoms with van der Waals surface area (Å²) in [5.41, 5.74) is 9.60. The summed E-state index contributed by atoms with van der Waals surface area (Å²) in [6.07, 6.45) is 0. The van der Waals surface area contributed by atoms with Crippen molar-refractivity contribution in [3.8, 4) is 0 Å². The quantitative estimate of drug-likeness (QED) is 0.934. The van der Waals surface area contributed by atoms with Gasteiger partial charge < -0.3 is 5.73 Å². The zero-order chi connectivity index (χ0) is 14.7. The van der Waals surface area contributed by atoms with Crippen molar-refractivity contribution in [3.63, 3.8) is 0 Å². The van der Waals surface area contributed by atoms with E-state index in [9.17, 15) is 4.21 Å². The van der Waals surface area contributed by atoms with E-state index in [0.29, 0.717) is 10.8 Å². The van der Waals surface area contributed by atoms with Crippen molar-refractivity contribution in [3.05, 3.63) is 64.2 Å². The molecule has 0 aromatic heterocycles. The van der Waals surface area contributed by atoms with Gasteiger partial charge in [-0.15, -0.1) is 0 Å². The zero-order valence-corrected chi connectivity index (χ0v) is 13.2. The van der Waals surface area contributed by atoms with Gasteiger partial charge in [-0.2, -0.15) is 0 Å². The van der Waals surface area contributed by atoms with E-state index in [1.54, 1.807) is 24.3 Å². The van der Waals surface area contributed by atoms with E-state index in [4.69, 9.17) is 17.3 Å². The van der Waals surface area contributed by atoms with Gasteiger partial charge in [0.25, 0.3) is 0 Å². The van der Waals surface area contributed by atoms with E-state index in [-0.39, 0.29) is 6.04 Å². The number of hydrogen-bond donors (Lipinski definition) is 1. The Hall–Kier alpha value is -1.16. The van der Waals surface area contributed by atoms with E-state index in [1.165, 1.54) is 5.56 Å². The molecule has 0 heterocycles. The third kappa shape index (κ3) is 3.69. The van der Waals surface area contributed by atoms with Gasteiger partial charge in [-0.1, -0.05) is 35.4 Å². The van der Waals surface area contributed by atoms with Crippen LogP contribution in [0.5, 0.6) is 0 Å². The molecule has 2 unspecified atom stereocenters. The molecule has 2 atom stereocenters. The normalized spacial score (nSPS) is 14.0. The number of nitrogens with two attached hydrogens (primary N) is 1. The SMILES string of the molecule is Cc1ccc(C(N)CS(=O)c2ccc(Cl)cc2)c(C)c1. The minimum atomic E-state index is -1.12. The van der Waals surface area contributed by atoms with Gasteiger partial charge in [0.05, 0.1) is 10.8 Å². The van der Waals surface area contributed by atoms with Crippen molar-refractivity contribution < 1.29 is 4.21 Å². The minimum absolute atomic E-state index is 0.230. The van der Waals surface area contributed by atoms with Crippen LogP contribution in [-0.4, -0.2) is 9.96 Å². The Bertz CT molecular complexity index is 625. The molecule has 0 amide bonds. The fourth-order valence-corrected chi connectivity index (χ4v) is 3.44. The lowest BCUT2D eigenvalue weighted by molar-refractivity contribution is 0.675. The lowest BCUT2D eigenvalue weighted by Gasteiger charge is -2.15. The van der Waals surface area contributed by atoms with Crippen molar-refractivity contribution in [2.45, 2.75) is 24.8 Å². The van der Waals surface area contributed by atoms with E-state index in [1.807, 2.05) is 26.0 Å². The highest BCUT2D eigenvalue weighted by molar-refractivity contribution is 7.85. The first-order valence-corrected chi connectivity index (χ1v) is 8.14. The first-order chi connectivity index (χ1) is 9.47. The molecule has 0 saturated heterocycles. The fraction of sp³-hybridized carbons (Fsp3) is 0.250. The molecule has 0 spiro atoms. The van der Waals surface area contributed by atoms with Crippen LogP contribution >= 0.6 is 11.6 Å². The predicted octanol–water partition coefficient (Wildman–Crippen LogP) is 3.76. The van der Waals surface area contributed by atoms with Crippen molar-refractivity contribution >= 4 is 22.4 Å². The maximum atomic E-state index is 12.3. The third-order valence-corrected chi connectivity index (χ3v) is 4.94. The monoisotopic (exact) mass is 307 g/mol. The molecule has 2 N–H and O–H groups in total. The van der Waals surface area contributed by atoms with Crippen LogP contribution in [0.4, 0.5) is 0 Å². The van der Waals surface area contributed by atoms with Crippen molar-refractivity contribution in [2.75, 3.05) is 5.75 Å². The molecule has 0 bridgehead atoms. The smallest absolute Gasteiger partial charge is 0.0548 e. The van der Waals surface area contributed by atoms with Gasteiger partial charge in [-0.3, -0.25) is 4.21 Å². The van der Waals surface area contributed by atoms with Gasteiger partial charge in [-0.25, -0.2) is 0 Å². The maximum Gasteiger partial charge on any atom is 0.0548 e. The molecule has 2 aromatic carbocycles. The largest absolute Gasteiger partial charge is 0.323 e. The summed E-state index contributed by atoms with van der Waals surface area (Å²) in [6, 6.07) is 13.0. The predicted molar refractivity (Wildman–Crippen MR) is 85.6 cm³/mol. The summed E-state index contributed by atoms with van der Waals surface area (Å²) in [6.45, 7) is 4.08. The average Bonchev–Trinajstić information content (AvgIpc) is 2.39. The Morgan fingerprint density at radius 3 is 2.40 bits per heavy atom. The van der Waals surface area contributed by atoms with Crippen LogP contribution < -0.4 is 5.73 Å². The summed E-state index contributed by atoms with van der Waals surface area (Å²) >= 11 is 5.83. The second-order valence-electron chi connectivity index (χ2n) is 4.93. The van der Waals surface area contributed by atoms with Gasteiger partial charge in [-0.05, 0) is 49.2 Å². The van der Waals surface area contributed by atoms with Crippen LogP contribution in [0, 0.1) is 13.8 Å². The third-order valence-electron chi connectivity index (χ3n) is 3.23. The molecule has 106 valence electrons. The van der Waals surface area contributed by atoms with E-state index >= 15 is 0 Å². The molecule has 0 aliphatic rings. The van der Waals surface area contributed by atoms with Gasteiger partial charge in [0.15, 0.2) is 0 Å². The van der Waals surface area contributed by atoms with Crippen LogP contribution in [0.3, 0.4) is 0 Å². The number of benzene rings is 2. The lowest BCUT2D eigenvalue weighted by atomic mass is 10.0. The molecule has 4 heteroatoms. The number of hydrogen-bond acceptors (Lipinski definition) is 2. The molecular weight excluding hydrogens is 290 g/mol. The van der Waals surface area contributed by atoms with Crippen molar-refractivity contribution in [1.29, 1.82) is 0 Å². The summed E-state index contributed by atoms with van der Waals surface area (Å²) in [4.78, 5) is 0.759. The summed E-state index contributed by atoms with van der Waals surface area (Å²) in [5, 5.41) is 0.643. The topological polar surface area (TPSA) is 43.1 Å². The zero-order valence-electron chi connectivity index (χ0n) is 11.6. The van der Waals surface area contributed by atoms with Crippen molar-refractivity contribution in [2.24, 2.45) is 5.73 Å². The second-order valence-corrected chi connectivity index (χ2v) is 6.86. The second kappa shape index (κ2) is 6.53. The molecule has 0 fully saturated rings. The molecule has 0 aliphatic heterocycles. The highest BCUT2D eigenvalue weighted by Crippen LogP contribution is 2.20. The average molecular weight is 308 g/mol. The summed E-state index contributed by atoms with van der Waals surface area (Å²) in [7, 11) is -1.12. The number of aryl methyl sites for hydroxylation is 2. The maximum absolute atomic E-state index is 12.3. The van der Waals surface area contributed by atoms with Gasteiger partial charge in [0.2, 0.25) is 0 Å². The standard InChI is InChI=1S/C16H18ClNOS/c1-11-3-8-15(12(2)9-11)16(18)10-20(19)14-6-4-13(17)5-7-14/h3-9,16H,10,18H2,1-2H3. The first-order valence-electron chi connectivity index (χ1n) is 6.44. The Morgan fingerprint density at radius 2 is 1.80 bits per heavy atom. The van der Waals surface area contributed by atoms with E-state index in [0.717, 1.165) is 16.0 Å². The molecule has 2 nitrogen and oxygen atoms in total. The highest BCUT2D eigenvalue weighted by atomic mass is 35.5. The van der Waals surface area contributed by atoms with Gasteiger partial charge in [0, 0.05) is 21.7 Å². The molecule has 0 aliphatic carbocycles. The van der Waals surface area contributed by atoms with Gasteiger partial charge >= 0.3 is 0 Å². The Kier molecular flexibility index (Phi) is 4.97. The molecule has 2 aromatic rings. The Morgan fingerprint density at radius 1 is 1.15 bits per heavy atom. The molecule has 2 rings (SSSR count). The Labute approximate surface area is 127 Å². The van der Waals surface area contributed by atoms with Crippen LogP contribution in [0.2, 0.25) is 5.02 Å². The highest BCUT2D eigenvalue weighted by Gasteiger charge is 2.14. The van der Waals surface area contributed by atoms with Crippen LogP contribution in [0.1, 0.15) is 22.7 Å². The molecule has 20 heavy (non-hydrogen) atoms. The lowest BCUT2D eigenvalue weighted by Crippen LogP contribution is -2.19. The summed E-state index contributed by atoms with van der Waals surface area (Å²) in [5.74, 6) is 0.408. The van der Waals surface area contributed by atoms with E-state index in [2.05, 4.69) is 6.07 Å².